The van der Waals surface area contributed by atoms with Gasteiger partial charge in [-0.3, -0.25) is 0 Å². The van der Waals surface area contributed by atoms with E-state index in [9.17, 15) is 5.26 Å². The third-order valence-electron chi connectivity index (χ3n) is 4.72. The van der Waals surface area contributed by atoms with E-state index in [4.69, 9.17) is 10.5 Å². The molecule has 0 aliphatic heterocycles. The molecule has 0 amide bonds. The van der Waals surface area contributed by atoms with E-state index in [1.807, 2.05) is 30.8 Å². The minimum atomic E-state index is 0.363. The lowest BCUT2D eigenvalue weighted by molar-refractivity contribution is 0.432. The monoisotopic (exact) mass is 400 g/mol. The standard InChI is InChI=1S/C21H20N8O/c1-13-26-18(12-28(13)2)17-7-20(29(3)27-17)30-19-6-14(8-22)4-5-16(19)21-24-10-15(9-23)11-25-21/h4-7,10-12H,9,23H2,1-3H3. The predicted molar refractivity (Wildman–Crippen MR) is 110 cm³/mol. The molecule has 9 nitrogen and oxygen atoms in total. The van der Waals surface area contributed by atoms with Gasteiger partial charge in [-0.05, 0) is 25.1 Å². The molecule has 1 aromatic carbocycles. The van der Waals surface area contributed by atoms with Crippen LogP contribution in [0.1, 0.15) is 17.0 Å². The Balaban J connectivity index is 1.72. The fourth-order valence-electron chi connectivity index (χ4n) is 2.93. The zero-order chi connectivity index (χ0) is 21.3. The zero-order valence-corrected chi connectivity index (χ0v) is 16.9. The van der Waals surface area contributed by atoms with E-state index in [1.54, 1.807) is 42.3 Å². The van der Waals surface area contributed by atoms with Crippen molar-refractivity contribution in [1.82, 2.24) is 29.3 Å². The molecule has 0 bridgehead atoms. The van der Waals surface area contributed by atoms with Gasteiger partial charge in [0.15, 0.2) is 5.82 Å². The molecule has 0 atom stereocenters. The second-order valence-corrected chi connectivity index (χ2v) is 6.82. The van der Waals surface area contributed by atoms with Crippen molar-refractivity contribution in [2.24, 2.45) is 19.8 Å². The number of hydrogen-bond acceptors (Lipinski definition) is 7. The van der Waals surface area contributed by atoms with Gasteiger partial charge in [-0.15, -0.1) is 0 Å². The van der Waals surface area contributed by atoms with Crippen molar-refractivity contribution in [1.29, 1.82) is 5.26 Å². The van der Waals surface area contributed by atoms with Crippen LogP contribution in [0.25, 0.3) is 22.8 Å². The Morgan fingerprint density at radius 3 is 2.53 bits per heavy atom. The number of nitriles is 1. The molecular weight excluding hydrogens is 380 g/mol. The smallest absolute Gasteiger partial charge is 0.218 e. The molecule has 0 fully saturated rings. The molecule has 4 aromatic rings. The lowest BCUT2D eigenvalue weighted by Crippen LogP contribution is -2.01. The summed E-state index contributed by atoms with van der Waals surface area (Å²) in [4.78, 5) is 13.3. The maximum Gasteiger partial charge on any atom is 0.218 e. The van der Waals surface area contributed by atoms with Crippen molar-refractivity contribution in [2.45, 2.75) is 13.5 Å². The average Bonchev–Trinajstić information content (AvgIpc) is 3.29. The summed E-state index contributed by atoms with van der Waals surface area (Å²) in [6.07, 6.45) is 5.27. The fraction of sp³-hybridized carbons (Fsp3) is 0.190. The Labute approximate surface area is 173 Å². The maximum atomic E-state index is 9.31. The van der Waals surface area contributed by atoms with Gasteiger partial charge in [-0.1, -0.05) is 0 Å². The van der Waals surface area contributed by atoms with Crippen molar-refractivity contribution >= 4 is 0 Å². The van der Waals surface area contributed by atoms with Crippen molar-refractivity contribution in [3.63, 3.8) is 0 Å². The molecule has 0 saturated heterocycles. The van der Waals surface area contributed by atoms with Crippen molar-refractivity contribution < 1.29 is 4.74 Å². The molecule has 0 aliphatic carbocycles. The van der Waals surface area contributed by atoms with E-state index in [2.05, 4.69) is 26.1 Å². The molecule has 4 rings (SSSR count). The summed E-state index contributed by atoms with van der Waals surface area (Å²) < 4.78 is 9.70. The number of ether oxygens (including phenoxy) is 1. The van der Waals surface area contributed by atoms with Crippen LogP contribution < -0.4 is 10.5 Å². The molecule has 9 heteroatoms. The van der Waals surface area contributed by atoms with Crippen LogP contribution in [-0.4, -0.2) is 29.3 Å². The van der Waals surface area contributed by atoms with Crippen LogP contribution in [-0.2, 0) is 20.6 Å². The Hall–Kier alpha value is -4.03. The summed E-state index contributed by atoms with van der Waals surface area (Å²) in [6.45, 7) is 2.29. The zero-order valence-electron chi connectivity index (χ0n) is 16.9. The van der Waals surface area contributed by atoms with Crippen molar-refractivity contribution in [2.75, 3.05) is 0 Å². The fourth-order valence-corrected chi connectivity index (χ4v) is 2.93. The van der Waals surface area contributed by atoms with Gasteiger partial charge in [-0.2, -0.15) is 10.4 Å². The molecule has 0 unspecified atom stereocenters. The summed E-state index contributed by atoms with van der Waals surface area (Å²) >= 11 is 0. The van der Waals surface area contributed by atoms with E-state index in [0.717, 1.165) is 17.1 Å². The number of aryl methyl sites for hydroxylation is 3. The minimum Gasteiger partial charge on any atom is -0.438 e. The van der Waals surface area contributed by atoms with E-state index in [-0.39, 0.29) is 0 Å². The van der Waals surface area contributed by atoms with Crippen LogP contribution in [0.5, 0.6) is 11.6 Å². The lowest BCUT2D eigenvalue weighted by atomic mass is 10.1. The van der Waals surface area contributed by atoms with E-state index >= 15 is 0 Å². The Bertz CT molecular complexity index is 1230. The molecule has 2 N–H and O–H groups in total. The average molecular weight is 400 g/mol. The van der Waals surface area contributed by atoms with Gasteiger partial charge >= 0.3 is 0 Å². The number of nitrogens with two attached hydrogens (primary N) is 1. The van der Waals surface area contributed by atoms with Crippen LogP contribution in [0, 0.1) is 18.3 Å². The van der Waals surface area contributed by atoms with Crippen LogP contribution in [0.15, 0.2) is 42.9 Å². The summed E-state index contributed by atoms with van der Waals surface area (Å²) in [5.74, 6) is 2.33. The Morgan fingerprint density at radius 1 is 1.13 bits per heavy atom. The molecule has 3 heterocycles. The SMILES string of the molecule is Cc1nc(-c2cc(Oc3cc(C#N)ccc3-c3ncc(CN)cn3)n(C)n2)cn1C. The molecule has 3 aromatic heterocycles. The Morgan fingerprint density at radius 2 is 1.90 bits per heavy atom. The van der Waals surface area contributed by atoms with Crippen LogP contribution in [0.2, 0.25) is 0 Å². The second kappa shape index (κ2) is 7.77. The predicted octanol–water partition coefficient (Wildman–Crippen LogP) is 2.71. The third-order valence-corrected chi connectivity index (χ3v) is 4.72. The molecule has 30 heavy (non-hydrogen) atoms. The normalized spacial score (nSPS) is 10.8. The van der Waals surface area contributed by atoms with Crippen molar-refractivity contribution in [3.8, 4) is 40.5 Å². The van der Waals surface area contributed by atoms with E-state index in [0.29, 0.717) is 40.8 Å². The number of nitrogens with zero attached hydrogens (tertiary/aromatic N) is 7. The molecule has 150 valence electrons. The van der Waals surface area contributed by atoms with Gasteiger partial charge in [0.05, 0.1) is 17.2 Å². The highest BCUT2D eigenvalue weighted by atomic mass is 16.5. The van der Waals surface area contributed by atoms with Crippen LogP contribution in [0.3, 0.4) is 0 Å². The molecule has 0 spiro atoms. The third kappa shape index (κ3) is 3.64. The number of imidazole rings is 1. The summed E-state index contributed by atoms with van der Waals surface area (Å²) in [6, 6.07) is 9.07. The summed E-state index contributed by atoms with van der Waals surface area (Å²) in [5, 5.41) is 13.8. The highest BCUT2D eigenvalue weighted by molar-refractivity contribution is 5.66. The molecule has 0 saturated carbocycles. The molecular formula is C21H20N8O. The van der Waals surface area contributed by atoms with E-state index in [1.165, 1.54) is 0 Å². The first kappa shape index (κ1) is 19.3. The molecule has 0 radical (unpaired) electrons. The lowest BCUT2D eigenvalue weighted by Gasteiger charge is -2.11. The Kier molecular flexibility index (Phi) is 5.00. The molecule has 0 aliphatic rings. The number of aromatic nitrogens is 6. The number of hydrogen-bond donors (Lipinski definition) is 1. The number of rotatable bonds is 5. The highest BCUT2D eigenvalue weighted by Crippen LogP contribution is 2.33. The number of benzene rings is 1. The van der Waals surface area contributed by atoms with Gasteiger partial charge in [0.2, 0.25) is 5.88 Å². The topological polar surface area (TPSA) is 120 Å². The maximum absolute atomic E-state index is 9.31. The minimum absolute atomic E-state index is 0.363. The second-order valence-electron chi connectivity index (χ2n) is 6.82. The van der Waals surface area contributed by atoms with E-state index < -0.39 is 0 Å². The quantitative estimate of drug-likeness (QED) is 0.547. The van der Waals surface area contributed by atoms with Gasteiger partial charge in [0.1, 0.15) is 23.0 Å². The van der Waals surface area contributed by atoms with Crippen molar-refractivity contribution in [3.05, 3.63) is 59.8 Å². The highest BCUT2D eigenvalue weighted by Gasteiger charge is 2.16. The first-order chi connectivity index (χ1) is 14.5. The van der Waals surface area contributed by atoms with Crippen LogP contribution in [0.4, 0.5) is 0 Å². The largest absolute Gasteiger partial charge is 0.438 e. The van der Waals surface area contributed by atoms with Gasteiger partial charge in [-0.25, -0.2) is 19.6 Å². The van der Waals surface area contributed by atoms with Gasteiger partial charge < -0.3 is 15.0 Å². The summed E-state index contributed by atoms with van der Waals surface area (Å²) in [7, 11) is 3.72. The summed E-state index contributed by atoms with van der Waals surface area (Å²) in [5.41, 5.74) is 9.04. The first-order valence-corrected chi connectivity index (χ1v) is 9.26. The van der Waals surface area contributed by atoms with Gasteiger partial charge in [0, 0.05) is 50.9 Å². The van der Waals surface area contributed by atoms with Gasteiger partial charge in [0.25, 0.3) is 0 Å². The van der Waals surface area contributed by atoms with Crippen LogP contribution >= 0.6 is 0 Å². The first-order valence-electron chi connectivity index (χ1n) is 9.26.